The zero-order chi connectivity index (χ0) is 16.4. The predicted molar refractivity (Wildman–Crippen MR) is 90.2 cm³/mol. The first-order chi connectivity index (χ1) is 11.0. The molecule has 0 amide bonds. The van der Waals surface area contributed by atoms with Crippen LogP contribution < -0.4 is 4.72 Å². The Morgan fingerprint density at radius 3 is 2.70 bits per heavy atom. The minimum absolute atomic E-state index is 0.132. The second-order valence-corrected chi connectivity index (χ2v) is 9.01. The average Bonchev–Trinajstić information content (AvgIpc) is 3.06. The zero-order valence-corrected chi connectivity index (χ0v) is 14.8. The van der Waals surface area contributed by atoms with E-state index in [0.717, 1.165) is 21.7 Å². The molecule has 0 unspecified atom stereocenters. The Labute approximate surface area is 140 Å². The Morgan fingerprint density at radius 1 is 1.30 bits per heavy atom. The number of ether oxygens (including phenoxy) is 1. The molecule has 1 saturated heterocycles. The van der Waals surface area contributed by atoms with Gasteiger partial charge >= 0.3 is 0 Å². The molecule has 23 heavy (non-hydrogen) atoms. The van der Waals surface area contributed by atoms with E-state index < -0.39 is 10.0 Å². The van der Waals surface area contributed by atoms with E-state index in [1.807, 2.05) is 26.0 Å². The molecular weight excluding hydrogens is 332 g/mol. The van der Waals surface area contributed by atoms with Gasteiger partial charge in [0.1, 0.15) is 0 Å². The lowest BCUT2D eigenvalue weighted by Crippen LogP contribution is -2.40. The standard InChI is InChI=1S/C16H20N2O3S2/c1-11-7-16(12(2)22-11)23(19,20)18-15-10-21-9-14(15)8-13-3-5-17-6-4-13/h3-7,14-15,18H,8-10H2,1-2H3/t14-,15-/m1/s1. The highest BCUT2D eigenvalue weighted by Crippen LogP contribution is 2.27. The first-order valence-corrected chi connectivity index (χ1v) is 9.81. The summed E-state index contributed by atoms with van der Waals surface area (Å²) in [6.07, 6.45) is 4.28. The molecule has 1 aliphatic heterocycles. The molecular formula is C16H20N2O3S2. The molecule has 0 aliphatic carbocycles. The summed E-state index contributed by atoms with van der Waals surface area (Å²) < 4.78 is 33.7. The third kappa shape index (κ3) is 3.80. The van der Waals surface area contributed by atoms with E-state index in [2.05, 4.69) is 9.71 Å². The first kappa shape index (κ1) is 16.6. The molecule has 2 aromatic heterocycles. The van der Waals surface area contributed by atoms with Gasteiger partial charge in [-0.3, -0.25) is 4.98 Å². The second-order valence-electron chi connectivity index (χ2n) is 5.86. The van der Waals surface area contributed by atoms with Crippen molar-refractivity contribution in [3.63, 3.8) is 0 Å². The van der Waals surface area contributed by atoms with E-state index in [4.69, 9.17) is 4.74 Å². The number of sulfonamides is 1. The van der Waals surface area contributed by atoms with Gasteiger partial charge in [-0.15, -0.1) is 11.3 Å². The molecule has 1 fully saturated rings. The Kier molecular flexibility index (Phi) is 4.82. The molecule has 0 aromatic carbocycles. The number of aryl methyl sites for hydroxylation is 2. The van der Waals surface area contributed by atoms with Crippen LogP contribution >= 0.6 is 11.3 Å². The first-order valence-electron chi connectivity index (χ1n) is 7.52. The number of nitrogens with zero attached hydrogens (tertiary/aromatic N) is 1. The van der Waals surface area contributed by atoms with Crippen LogP contribution in [-0.2, 0) is 21.2 Å². The molecule has 1 N–H and O–H groups in total. The third-order valence-corrected chi connectivity index (χ3v) is 6.75. The van der Waals surface area contributed by atoms with Gasteiger partial charge in [0.05, 0.1) is 24.2 Å². The van der Waals surface area contributed by atoms with Crippen LogP contribution in [0, 0.1) is 19.8 Å². The van der Waals surface area contributed by atoms with Gasteiger partial charge in [-0.1, -0.05) is 0 Å². The molecule has 0 saturated carbocycles. The monoisotopic (exact) mass is 352 g/mol. The summed E-state index contributed by atoms with van der Waals surface area (Å²) in [7, 11) is -3.51. The maximum atomic E-state index is 12.7. The average molecular weight is 352 g/mol. The van der Waals surface area contributed by atoms with Crippen molar-refractivity contribution in [3.8, 4) is 0 Å². The van der Waals surface area contributed by atoms with Crippen molar-refractivity contribution < 1.29 is 13.2 Å². The van der Waals surface area contributed by atoms with Gasteiger partial charge in [-0.05, 0) is 44.0 Å². The topological polar surface area (TPSA) is 68.3 Å². The number of hydrogen-bond donors (Lipinski definition) is 1. The van der Waals surface area contributed by atoms with Gasteiger partial charge < -0.3 is 4.74 Å². The normalized spacial score (nSPS) is 21.7. The van der Waals surface area contributed by atoms with Crippen molar-refractivity contribution >= 4 is 21.4 Å². The second kappa shape index (κ2) is 6.68. The summed E-state index contributed by atoms with van der Waals surface area (Å²) in [4.78, 5) is 6.21. The highest BCUT2D eigenvalue weighted by atomic mass is 32.2. The Balaban J connectivity index is 1.74. The van der Waals surface area contributed by atoms with E-state index in [1.165, 1.54) is 11.3 Å². The molecule has 0 radical (unpaired) electrons. The van der Waals surface area contributed by atoms with Crippen molar-refractivity contribution in [1.82, 2.24) is 9.71 Å². The summed E-state index contributed by atoms with van der Waals surface area (Å²) in [6.45, 7) is 4.74. The van der Waals surface area contributed by atoms with Crippen LogP contribution in [0.5, 0.6) is 0 Å². The van der Waals surface area contributed by atoms with E-state index in [1.54, 1.807) is 18.5 Å². The van der Waals surface area contributed by atoms with Crippen LogP contribution in [0.25, 0.3) is 0 Å². The van der Waals surface area contributed by atoms with Crippen LogP contribution in [0.1, 0.15) is 15.3 Å². The highest BCUT2D eigenvalue weighted by Gasteiger charge is 2.33. The van der Waals surface area contributed by atoms with Crippen LogP contribution in [0.4, 0.5) is 0 Å². The lowest BCUT2D eigenvalue weighted by atomic mass is 9.96. The number of nitrogens with one attached hydrogen (secondary N) is 1. The van der Waals surface area contributed by atoms with E-state index in [-0.39, 0.29) is 12.0 Å². The molecule has 124 valence electrons. The summed E-state index contributed by atoms with van der Waals surface area (Å²) in [5.74, 6) is 0.132. The Hall–Kier alpha value is -1.28. The third-order valence-electron chi connectivity index (χ3n) is 4.04. The summed E-state index contributed by atoms with van der Waals surface area (Å²) >= 11 is 1.50. The number of hydrogen-bond acceptors (Lipinski definition) is 5. The van der Waals surface area contributed by atoms with Crippen molar-refractivity contribution in [1.29, 1.82) is 0 Å². The van der Waals surface area contributed by atoms with E-state index >= 15 is 0 Å². The number of aromatic nitrogens is 1. The van der Waals surface area contributed by atoms with E-state index in [9.17, 15) is 8.42 Å². The van der Waals surface area contributed by atoms with Crippen LogP contribution in [0.15, 0.2) is 35.5 Å². The zero-order valence-electron chi connectivity index (χ0n) is 13.2. The fourth-order valence-corrected chi connectivity index (χ4v) is 5.73. The number of thiophene rings is 1. The lowest BCUT2D eigenvalue weighted by molar-refractivity contribution is 0.183. The van der Waals surface area contributed by atoms with Crippen molar-refractivity contribution in [2.75, 3.05) is 13.2 Å². The molecule has 3 rings (SSSR count). The van der Waals surface area contributed by atoms with Crippen LogP contribution in [-0.4, -0.2) is 32.7 Å². The highest BCUT2D eigenvalue weighted by molar-refractivity contribution is 7.89. The van der Waals surface area contributed by atoms with Gasteiger partial charge in [0, 0.05) is 28.1 Å². The maximum Gasteiger partial charge on any atom is 0.242 e. The molecule has 2 aromatic rings. The summed E-state index contributed by atoms with van der Waals surface area (Å²) in [6, 6.07) is 5.44. The molecule has 2 atom stereocenters. The van der Waals surface area contributed by atoms with Gasteiger partial charge in [-0.25, -0.2) is 13.1 Å². The fourth-order valence-electron chi connectivity index (χ4n) is 2.89. The molecule has 5 nitrogen and oxygen atoms in total. The van der Waals surface area contributed by atoms with Crippen LogP contribution in [0.2, 0.25) is 0 Å². The predicted octanol–water partition coefficient (Wildman–Crippen LogP) is 2.30. The van der Waals surface area contributed by atoms with Crippen molar-refractivity contribution in [2.45, 2.75) is 31.2 Å². The van der Waals surface area contributed by atoms with Crippen molar-refractivity contribution in [3.05, 3.63) is 45.9 Å². The van der Waals surface area contributed by atoms with Crippen LogP contribution in [0.3, 0.4) is 0 Å². The van der Waals surface area contributed by atoms with Gasteiger partial charge in [0.25, 0.3) is 0 Å². The molecule has 1 aliphatic rings. The minimum atomic E-state index is -3.51. The fraction of sp³-hybridized carbons (Fsp3) is 0.438. The van der Waals surface area contributed by atoms with Crippen molar-refractivity contribution in [2.24, 2.45) is 5.92 Å². The van der Waals surface area contributed by atoms with Gasteiger partial charge in [0.2, 0.25) is 10.0 Å². The van der Waals surface area contributed by atoms with E-state index in [0.29, 0.717) is 18.1 Å². The quantitative estimate of drug-likeness (QED) is 0.896. The smallest absolute Gasteiger partial charge is 0.242 e. The lowest BCUT2D eigenvalue weighted by Gasteiger charge is -2.19. The van der Waals surface area contributed by atoms with Gasteiger partial charge in [0.15, 0.2) is 0 Å². The maximum absolute atomic E-state index is 12.7. The Bertz CT molecular complexity index is 772. The molecule has 0 spiro atoms. The molecule has 7 heteroatoms. The number of pyridine rings is 1. The minimum Gasteiger partial charge on any atom is -0.379 e. The number of rotatable bonds is 5. The van der Waals surface area contributed by atoms with Gasteiger partial charge in [-0.2, -0.15) is 0 Å². The summed E-state index contributed by atoms with van der Waals surface area (Å²) in [5.41, 5.74) is 1.14. The SMILES string of the molecule is Cc1cc(S(=O)(=O)N[C@@H]2COC[C@H]2Cc2ccncc2)c(C)s1. The molecule has 3 heterocycles. The molecule has 0 bridgehead atoms. The summed E-state index contributed by atoms with van der Waals surface area (Å²) in [5, 5.41) is 0. The largest absolute Gasteiger partial charge is 0.379 e. The Morgan fingerprint density at radius 2 is 2.04 bits per heavy atom.